The summed E-state index contributed by atoms with van der Waals surface area (Å²) in [6, 6.07) is 2.06. The highest BCUT2D eigenvalue weighted by molar-refractivity contribution is 8.03. The Hall–Kier alpha value is 0.150. The zero-order valence-corrected chi connectivity index (χ0v) is 7.38. The lowest BCUT2D eigenvalue weighted by Gasteiger charge is -1.95. The minimum Gasteiger partial charge on any atom is -0.396 e. The van der Waals surface area contributed by atoms with Gasteiger partial charge in [0, 0.05) is 17.3 Å². The van der Waals surface area contributed by atoms with Crippen LogP contribution < -0.4 is 0 Å². The number of rotatable bonds is 6. The minimum absolute atomic E-state index is 0.258. The Balaban J connectivity index is 2.72. The van der Waals surface area contributed by atoms with E-state index in [1.54, 1.807) is 23.5 Å². The lowest BCUT2D eigenvalue weighted by molar-refractivity contribution is 0.322. The molecule has 0 aromatic rings. The van der Waals surface area contributed by atoms with Crippen LogP contribution >= 0.6 is 23.5 Å². The maximum Gasteiger partial charge on any atom is 0.0808 e. The first-order chi connectivity index (χ1) is 4.91. The van der Waals surface area contributed by atoms with E-state index in [4.69, 9.17) is 10.4 Å². The van der Waals surface area contributed by atoms with Gasteiger partial charge in [0.15, 0.2) is 0 Å². The van der Waals surface area contributed by atoms with Crippen molar-refractivity contribution in [2.24, 2.45) is 0 Å². The van der Waals surface area contributed by atoms with Crippen molar-refractivity contribution in [2.75, 3.05) is 29.6 Å². The van der Waals surface area contributed by atoms with Crippen LogP contribution in [0.4, 0.5) is 0 Å². The average molecular weight is 177 g/mol. The second kappa shape index (κ2) is 9.15. The Bertz CT molecular complexity index is 102. The Morgan fingerprint density at radius 2 is 1.90 bits per heavy atom. The summed E-state index contributed by atoms with van der Waals surface area (Å²) in [5.74, 6) is 3.44. The first kappa shape index (κ1) is 10.2. The van der Waals surface area contributed by atoms with E-state index < -0.39 is 0 Å². The smallest absolute Gasteiger partial charge is 0.0808 e. The molecule has 0 aromatic heterocycles. The summed E-state index contributed by atoms with van der Waals surface area (Å²) in [4.78, 5) is 0. The highest BCUT2D eigenvalue weighted by Crippen LogP contribution is 2.04. The zero-order chi connectivity index (χ0) is 7.66. The molecule has 10 heavy (non-hydrogen) atoms. The molecular formula is C6H11NOS2. The van der Waals surface area contributed by atoms with Crippen LogP contribution in [0.15, 0.2) is 0 Å². The van der Waals surface area contributed by atoms with Gasteiger partial charge in [0.25, 0.3) is 0 Å². The molecule has 0 radical (unpaired) electrons. The molecule has 0 bridgehead atoms. The number of nitriles is 1. The van der Waals surface area contributed by atoms with Gasteiger partial charge in [0.05, 0.1) is 18.4 Å². The molecule has 0 aliphatic rings. The molecule has 0 saturated heterocycles. The van der Waals surface area contributed by atoms with Crippen LogP contribution in [0.5, 0.6) is 0 Å². The van der Waals surface area contributed by atoms with Gasteiger partial charge in [-0.05, 0) is 0 Å². The van der Waals surface area contributed by atoms with Crippen molar-refractivity contribution in [3.63, 3.8) is 0 Å². The lowest BCUT2D eigenvalue weighted by atomic mass is 10.9. The fourth-order valence-electron chi connectivity index (χ4n) is 0.402. The maximum atomic E-state index is 8.39. The van der Waals surface area contributed by atoms with Crippen molar-refractivity contribution in [3.8, 4) is 6.07 Å². The van der Waals surface area contributed by atoms with Gasteiger partial charge in [-0.25, -0.2) is 0 Å². The lowest BCUT2D eigenvalue weighted by Crippen LogP contribution is -1.90. The fourth-order valence-corrected chi connectivity index (χ4v) is 1.91. The third-order valence-corrected chi connectivity index (χ3v) is 2.82. The number of nitrogens with zero attached hydrogens (tertiary/aromatic N) is 1. The molecule has 0 fully saturated rings. The van der Waals surface area contributed by atoms with Gasteiger partial charge in [0.1, 0.15) is 0 Å². The van der Waals surface area contributed by atoms with Crippen LogP contribution in [0, 0.1) is 11.3 Å². The topological polar surface area (TPSA) is 44.0 Å². The molecule has 0 amide bonds. The first-order valence-electron chi connectivity index (χ1n) is 3.05. The molecule has 0 aliphatic carbocycles. The van der Waals surface area contributed by atoms with Crippen molar-refractivity contribution < 1.29 is 5.11 Å². The van der Waals surface area contributed by atoms with E-state index in [0.29, 0.717) is 5.75 Å². The van der Waals surface area contributed by atoms with Gasteiger partial charge < -0.3 is 5.11 Å². The van der Waals surface area contributed by atoms with Crippen LogP contribution in [-0.4, -0.2) is 34.7 Å². The van der Waals surface area contributed by atoms with E-state index in [1.165, 1.54) is 0 Å². The molecule has 4 heteroatoms. The van der Waals surface area contributed by atoms with Crippen LogP contribution in [-0.2, 0) is 0 Å². The van der Waals surface area contributed by atoms with Crippen LogP contribution in [0.3, 0.4) is 0 Å². The fraction of sp³-hybridized carbons (Fsp3) is 0.833. The minimum atomic E-state index is 0.258. The van der Waals surface area contributed by atoms with E-state index >= 15 is 0 Å². The Morgan fingerprint density at radius 1 is 1.20 bits per heavy atom. The summed E-state index contributed by atoms with van der Waals surface area (Å²) in [5.41, 5.74) is 0. The molecule has 1 N–H and O–H groups in total. The summed E-state index contributed by atoms with van der Waals surface area (Å²) in [6.07, 6.45) is 0. The van der Waals surface area contributed by atoms with E-state index in [9.17, 15) is 0 Å². The summed E-state index contributed by atoms with van der Waals surface area (Å²) in [6.45, 7) is 0.258. The van der Waals surface area contributed by atoms with Gasteiger partial charge in [-0.15, -0.1) is 11.8 Å². The number of hydrogen-bond acceptors (Lipinski definition) is 4. The quantitative estimate of drug-likeness (QED) is 0.614. The highest BCUT2D eigenvalue weighted by Gasteiger charge is 1.88. The first-order valence-corrected chi connectivity index (χ1v) is 5.36. The summed E-state index contributed by atoms with van der Waals surface area (Å²) in [7, 11) is 0. The van der Waals surface area contributed by atoms with Crippen molar-refractivity contribution >= 4 is 23.5 Å². The molecule has 0 spiro atoms. The Kier molecular flexibility index (Phi) is 9.29. The Morgan fingerprint density at radius 3 is 2.50 bits per heavy atom. The van der Waals surface area contributed by atoms with E-state index in [0.717, 1.165) is 17.3 Å². The molecule has 0 heterocycles. The number of thioether (sulfide) groups is 2. The summed E-state index contributed by atoms with van der Waals surface area (Å²) >= 11 is 3.36. The molecule has 58 valence electrons. The average Bonchev–Trinajstić information content (AvgIpc) is 1.97. The second-order valence-corrected chi connectivity index (χ2v) is 3.88. The molecule has 2 nitrogen and oxygen atoms in total. The highest BCUT2D eigenvalue weighted by atomic mass is 32.2. The van der Waals surface area contributed by atoms with Crippen molar-refractivity contribution in [3.05, 3.63) is 0 Å². The van der Waals surface area contributed by atoms with Crippen LogP contribution in [0.25, 0.3) is 0 Å². The van der Waals surface area contributed by atoms with E-state index in [1.807, 2.05) is 0 Å². The number of hydrogen-bond donors (Lipinski definition) is 1. The molecule has 0 saturated carbocycles. The van der Waals surface area contributed by atoms with Gasteiger partial charge in [0.2, 0.25) is 0 Å². The van der Waals surface area contributed by atoms with Crippen molar-refractivity contribution in [2.45, 2.75) is 0 Å². The largest absolute Gasteiger partial charge is 0.396 e. The van der Waals surface area contributed by atoms with E-state index in [2.05, 4.69) is 6.07 Å². The molecule has 0 aliphatic heterocycles. The maximum absolute atomic E-state index is 8.39. The van der Waals surface area contributed by atoms with Crippen molar-refractivity contribution in [1.82, 2.24) is 0 Å². The van der Waals surface area contributed by atoms with Crippen LogP contribution in [0.1, 0.15) is 0 Å². The van der Waals surface area contributed by atoms with Gasteiger partial charge in [-0.1, -0.05) is 0 Å². The second-order valence-electron chi connectivity index (χ2n) is 1.55. The molecule has 0 atom stereocenters. The third kappa shape index (κ3) is 8.15. The summed E-state index contributed by atoms with van der Waals surface area (Å²) < 4.78 is 0. The number of aliphatic hydroxyl groups excluding tert-OH is 1. The molecule has 0 unspecified atom stereocenters. The monoisotopic (exact) mass is 177 g/mol. The predicted octanol–water partition coefficient (Wildman–Crippen LogP) is 0.969. The molecular weight excluding hydrogens is 166 g/mol. The normalized spacial score (nSPS) is 9.20. The number of aliphatic hydroxyl groups is 1. The Labute approximate surface area is 70.0 Å². The van der Waals surface area contributed by atoms with Gasteiger partial charge in [-0.3, -0.25) is 0 Å². The summed E-state index contributed by atoms with van der Waals surface area (Å²) in [5, 5.41) is 16.5. The predicted molar refractivity (Wildman–Crippen MR) is 47.3 cm³/mol. The van der Waals surface area contributed by atoms with Crippen molar-refractivity contribution in [1.29, 1.82) is 5.26 Å². The molecule has 0 rings (SSSR count). The van der Waals surface area contributed by atoms with Crippen LogP contribution in [0.2, 0.25) is 0 Å². The van der Waals surface area contributed by atoms with Gasteiger partial charge >= 0.3 is 0 Å². The van der Waals surface area contributed by atoms with Gasteiger partial charge in [-0.2, -0.15) is 17.0 Å². The van der Waals surface area contributed by atoms with E-state index in [-0.39, 0.29) is 6.61 Å². The zero-order valence-electron chi connectivity index (χ0n) is 5.75. The SMILES string of the molecule is N#CCSCCSCCO. The third-order valence-electron chi connectivity index (χ3n) is 0.774. The standard InChI is InChI=1S/C6H11NOS2/c7-1-3-9-5-6-10-4-2-8/h8H,2-6H2. The molecule has 0 aromatic carbocycles.